The third-order valence-electron chi connectivity index (χ3n) is 2.68. The zero-order chi connectivity index (χ0) is 14.4. The molecule has 1 amide bonds. The molecular weight excluding hydrogens is 276 g/mol. The van der Waals surface area contributed by atoms with Gasteiger partial charge < -0.3 is 10.4 Å². The maximum absolute atomic E-state index is 12.0. The van der Waals surface area contributed by atoms with Crippen molar-refractivity contribution in [1.82, 2.24) is 5.32 Å². The maximum atomic E-state index is 12.0. The van der Waals surface area contributed by atoms with Crippen LogP contribution in [0.2, 0.25) is 5.02 Å². The van der Waals surface area contributed by atoms with E-state index >= 15 is 0 Å². The summed E-state index contributed by atoms with van der Waals surface area (Å²) in [6, 6.07) is 5.50. The first kappa shape index (κ1) is 15.9. The van der Waals surface area contributed by atoms with Crippen LogP contribution in [0.4, 0.5) is 8.78 Å². The number of hydrogen-bond donors (Lipinski definition) is 2. The monoisotopic (exact) mass is 291 g/mol. The Morgan fingerprint density at radius 3 is 2.74 bits per heavy atom. The Bertz CT molecular complexity index is 441. The third-order valence-corrected chi connectivity index (χ3v) is 3.08. The van der Waals surface area contributed by atoms with Crippen molar-refractivity contribution in [3.63, 3.8) is 0 Å². The second-order valence-electron chi connectivity index (χ2n) is 4.29. The highest BCUT2D eigenvalue weighted by atomic mass is 35.5. The van der Waals surface area contributed by atoms with E-state index in [0.29, 0.717) is 11.4 Å². The number of alkyl halides is 2. The number of hydrogen-bond acceptors (Lipinski definition) is 2. The average Bonchev–Trinajstić information content (AvgIpc) is 2.37. The molecule has 1 atom stereocenters. The van der Waals surface area contributed by atoms with Crippen LogP contribution in [-0.2, 0) is 11.2 Å². The molecule has 0 aliphatic heterocycles. The molecule has 3 nitrogen and oxygen atoms in total. The lowest BCUT2D eigenvalue weighted by Gasteiger charge is -2.10. The summed E-state index contributed by atoms with van der Waals surface area (Å²) in [5.74, 6) is -0.378. The maximum Gasteiger partial charge on any atom is 0.265 e. The van der Waals surface area contributed by atoms with Crippen molar-refractivity contribution in [1.29, 1.82) is 0 Å². The largest absolute Gasteiger partial charge is 0.385 e. The first-order valence-electron chi connectivity index (χ1n) is 5.88. The molecule has 106 valence electrons. The van der Waals surface area contributed by atoms with Gasteiger partial charge in [0.05, 0.1) is 0 Å². The predicted octanol–water partition coefficient (Wildman–Crippen LogP) is 2.32. The van der Waals surface area contributed by atoms with E-state index in [1.807, 2.05) is 19.1 Å². The van der Waals surface area contributed by atoms with Crippen molar-refractivity contribution in [2.45, 2.75) is 32.3 Å². The second kappa shape index (κ2) is 7.40. The molecule has 1 aromatic rings. The highest BCUT2D eigenvalue weighted by Crippen LogP contribution is 2.17. The normalized spacial score (nSPS) is 12.5. The number of aliphatic hydroxyl groups excluding tert-OH is 1. The van der Waals surface area contributed by atoms with E-state index in [-0.39, 0.29) is 12.3 Å². The van der Waals surface area contributed by atoms with Gasteiger partial charge in [0.15, 0.2) is 0 Å². The zero-order valence-electron chi connectivity index (χ0n) is 10.5. The molecule has 0 heterocycles. The first-order valence-corrected chi connectivity index (χ1v) is 6.26. The van der Waals surface area contributed by atoms with Crippen LogP contribution in [0, 0.1) is 6.92 Å². The van der Waals surface area contributed by atoms with Gasteiger partial charge >= 0.3 is 0 Å². The molecule has 1 rings (SSSR count). The molecule has 0 aliphatic rings. The highest BCUT2D eigenvalue weighted by molar-refractivity contribution is 6.31. The van der Waals surface area contributed by atoms with Gasteiger partial charge in [0.1, 0.15) is 6.10 Å². The lowest BCUT2D eigenvalue weighted by molar-refractivity contribution is -0.122. The van der Waals surface area contributed by atoms with Crippen molar-refractivity contribution in [3.05, 3.63) is 34.3 Å². The van der Waals surface area contributed by atoms with Gasteiger partial charge in [-0.05, 0) is 30.5 Å². The number of aliphatic hydroxyl groups is 1. The summed E-state index contributed by atoms with van der Waals surface area (Å²) in [7, 11) is 0. The first-order chi connectivity index (χ1) is 8.90. The van der Waals surface area contributed by atoms with Gasteiger partial charge in [-0.3, -0.25) is 4.79 Å². The molecule has 0 fully saturated rings. The van der Waals surface area contributed by atoms with E-state index in [4.69, 9.17) is 16.7 Å². The minimum absolute atomic E-state index is 0.162. The Kier molecular flexibility index (Phi) is 6.18. The topological polar surface area (TPSA) is 49.3 Å². The summed E-state index contributed by atoms with van der Waals surface area (Å²) < 4.78 is 24.0. The Labute approximate surface area is 115 Å². The van der Waals surface area contributed by atoms with E-state index in [1.54, 1.807) is 6.07 Å². The van der Waals surface area contributed by atoms with Gasteiger partial charge in [0.25, 0.3) is 6.43 Å². The zero-order valence-corrected chi connectivity index (χ0v) is 11.3. The van der Waals surface area contributed by atoms with Crippen LogP contribution in [0.1, 0.15) is 17.5 Å². The summed E-state index contributed by atoms with van der Waals surface area (Å²) in [4.78, 5) is 11.4. The number of benzene rings is 1. The minimum atomic E-state index is -2.85. The molecule has 0 bridgehead atoms. The van der Waals surface area contributed by atoms with Gasteiger partial charge in [-0.2, -0.15) is 0 Å². The van der Waals surface area contributed by atoms with Gasteiger partial charge in [-0.15, -0.1) is 0 Å². The molecule has 0 saturated heterocycles. The molecular formula is C13H16ClF2NO2. The van der Waals surface area contributed by atoms with E-state index in [0.717, 1.165) is 11.1 Å². The lowest BCUT2D eigenvalue weighted by atomic mass is 10.1. The predicted molar refractivity (Wildman–Crippen MR) is 69.5 cm³/mol. The molecule has 2 N–H and O–H groups in total. The fourth-order valence-electron chi connectivity index (χ4n) is 1.45. The lowest BCUT2D eigenvalue weighted by Crippen LogP contribution is -2.35. The van der Waals surface area contributed by atoms with Crippen molar-refractivity contribution in [3.8, 4) is 0 Å². The van der Waals surface area contributed by atoms with E-state index in [9.17, 15) is 13.6 Å². The summed E-state index contributed by atoms with van der Waals surface area (Å²) in [5, 5.41) is 11.7. The highest BCUT2D eigenvalue weighted by Gasteiger charge is 2.17. The molecule has 0 spiro atoms. The fourth-order valence-corrected chi connectivity index (χ4v) is 1.65. The van der Waals surface area contributed by atoms with Crippen LogP contribution < -0.4 is 5.32 Å². The second-order valence-corrected chi connectivity index (χ2v) is 4.70. The van der Waals surface area contributed by atoms with Gasteiger partial charge in [-0.1, -0.05) is 23.7 Å². The van der Waals surface area contributed by atoms with Gasteiger partial charge in [-0.25, -0.2) is 8.78 Å². The smallest absolute Gasteiger partial charge is 0.265 e. The van der Waals surface area contributed by atoms with E-state index < -0.39 is 19.1 Å². The van der Waals surface area contributed by atoms with Crippen LogP contribution in [0.15, 0.2) is 18.2 Å². The molecule has 0 saturated carbocycles. The molecule has 1 unspecified atom stereocenters. The van der Waals surface area contributed by atoms with Crippen LogP contribution in [0.3, 0.4) is 0 Å². The van der Waals surface area contributed by atoms with E-state index in [1.165, 1.54) is 0 Å². The van der Waals surface area contributed by atoms with E-state index in [2.05, 4.69) is 5.32 Å². The Morgan fingerprint density at radius 1 is 1.47 bits per heavy atom. The molecule has 6 heteroatoms. The summed E-state index contributed by atoms with van der Waals surface area (Å²) in [5.41, 5.74) is 1.86. The van der Waals surface area contributed by atoms with Gasteiger partial charge in [0, 0.05) is 18.0 Å². The number of amides is 1. The molecule has 0 aliphatic carbocycles. The number of halogens is 3. The SMILES string of the molecule is Cc1ccc(CCC(=O)NCC(O)C(F)F)cc1Cl. The van der Waals surface area contributed by atoms with Crippen molar-refractivity contribution >= 4 is 17.5 Å². The Morgan fingerprint density at radius 2 is 2.16 bits per heavy atom. The molecule has 0 radical (unpaired) electrons. The number of rotatable bonds is 6. The van der Waals surface area contributed by atoms with Crippen molar-refractivity contribution in [2.75, 3.05) is 6.54 Å². The van der Waals surface area contributed by atoms with Crippen LogP contribution in [0.25, 0.3) is 0 Å². The van der Waals surface area contributed by atoms with Crippen LogP contribution in [-0.4, -0.2) is 30.1 Å². The molecule has 0 aromatic heterocycles. The standard InChI is InChI=1S/C13H16ClF2NO2/c1-8-2-3-9(6-10(8)14)4-5-12(19)17-7-11(18)13(15)16/h2-3,6,11,13,18H,4-5,7H2,1H3,(H,17,19). The minimum Gasteiger partial charge on any atom is -0.385 e. The molecule has 1 aromatic carbocycles. The van der Waals surface area contributed by atoms with Crippen molar-refractivity contribution < 1.29 is 18.7 Å². The van der Waals surface area contributed by atoms with Crippen LogP contribution in [0.5, 0.6) is 0 Å². The summed E-state index contributed by atoms with van der Waals surface area (Å²) in [6.07, 6.45) is -4.04. The number of carbonyl (C=O) groups is 1. The Balaban J connectivity index is 2.35. The number of nitrogens with one attached hydrogen (secondary N) is 1. The number of aryl methyl sites for hydroxylation is 2. The quantitative estimate of drug-likeness (QED) is 0.845. The number of carbonyl (C=O) groups excluding carboxylic acids is 1. The van der Waals surface area contributed by atoms with Crippen molar-refractivity contribution in [2.24, 2.45) is 0 Å². The summed E-state index contributed by atoms with van der Waals surface area (Å²) in [6.45, 7) is 1.44. The fraction of sp³-hybridized carbons (Fsp3) is 0.462. The van der Waals surface area contributed by atoms with Crippen LogP contribution >= 0.6 is 11.6 Å². The molecule has 19 heavy (non-hydrogen) atoms. The summed E-state index contributed by atoms with van der Waals surface area (Å²) >= 11 is 5.95. The van der Waals surface area contributed by atoms with Gasteiger partial charge in [0.2, 0.25) is 5.91 Å². The third kappa shape index (κ3) is 5.53. The average molecular weight is 292 g/mol. The Hall–Kier alpha value is -1.20.